The summed E-state index contributed by atoms with van der Waals surface area (Å²) < 4.78 is 27.6. The lowest BCUT2D eigenvalue weighted by Gasteiger charge is -2.25. The fourth-order valence-electron chi connectivity index (χ4n) is 2.67. The third-order valence-electron chi connectivity index (χ3n) is 4.18. The average molecular weight is 409 g/mol. The molecule has 0 aliphatic carbocycles. The number of hydrogen-bond donors (Lipinski definition) is 1. The molecule has 0 unspecified atom stereocenters. The molecule has 2 aromatic rings. The number of benzene rings is 2. The number of nitrogens with zero attached hydrogens (tertiary/aromatic N) is 1. The number of unbranched alkanes of at least 4 members (excludes halogenated alkanes) is 2. The Kier molecular flexibility index (Phi) is 7.68. The highest BCUT2D eigenvalue weighted by atomic mass is 35.5. The van der Waals surface area contributed by atoms with E-state index in [0.717, 1.165) is 29.1 Å². The van der Waals surface area contributed by atoms with Crippen LogP contribution in [0.1, 0.15) is 31.7 Å². The summed E-state index contributed by atoms with van der Waals surface area (Å²) >= 11 is 5.88. The molecule has 0 spiro atoms. The molecule has 0 aliphatic rings. The molecule has 1 N–H and O–H groups in total. The lowest BCUT2D eigenvalue weighted by molar-refractivity contribution is -0.119. The molecule has 7 heteroatoms. The Bertz CT molecular complexity index is 867. The molecule has 0 heterocycles. The third-order valence-corrected chi connectivity index (χ3v) is 6.20. The Labute approximate surface area is 166 Å². The van der Waals surface area contributed by atoms with E-state index in [0.29, 0.717) is 17.3 Å². The van der Waals surface area contributed by atoms with Crippen LogP contribution in [0.25, 0.3) is 0 Å². The summed E-state index contributed by atoms with van der Waals surface area (Å²) in [6, 6.07) is 13.0. The summed E-state index contributed by atoms with van der Waals surface area (Å²) in [5.41, 5.74) is 1.25. The first-order chi connectivity index (χ1) is 12.9. The molecule has 0 saturated carbocycles. The maximum absolute atomic E-state index is 13.2. The van der Waals surface area contributed by atoms with Gasteiger partial charge in [-0.1, -0.05) is 49.6 Å². The molecule has 5 nitrogen and oxygen atoms in total. The van der Waals surface area contributed by atoms with E-state index in [1.165, 1.54) is 24.3 Å². The normalized spacial score (nSPS) is 11.2. The van der Waals surface area contributed by atoms with Crippen molar-refractivity contribution >= 4 is 33.2 Å². The van der Waals surface area contributed by atoms with Crippen LogP contribution in [0.3, 0.4) is 0 Å². The van der Waals surface area contributed by atoms with E-state index < -0.39 is 10.0 Å². The summed E-state index contributed by atoms with van der Waals surface area (Å²) in [5.74, 6) is -0.327. The molecule has 0 aromatic heterocycles. The maximum atomic E-state index is 13.2. The van der Waals surface area contributed by atoms with E-state index in [9.17, 15) is 13.2 Å². The van der Waals surface area contributed by atoms with Crippen LogP contribution >= 0.6 is 11.6 Å². The zero-order valence-corrected chi connectivity index (χ0v) is 17.2. The highest BCUT2D eigenvalue weighted by Crippen LogP contribution is 2.27. The van der Waals surface area contributed by atoms with Gasteiger partial charge in [0.25, 0.3) is 10.0 Å². The molecule has 0 radical (unpaired) electrons. The number of para-hydroxylation sites is 1. The highest BCUT2D eigenvalue weighted by Gasteiger charge is 2.28. The van der Waals surface area contributed by atoms with E-state index in [4.69, 9.17) is 11.6 Å². The van der Waals surface area contributed by atoms with Gasteiger partial charge in [-0.25, -0.2) is 8.42 Å². The van der Waals surface area contributed by atoms with Gasteiger partial charge in [-0.05, 0) is 49.2 Å². The van der Waals surface area contributed by atoms with Crippen molar-refractivity contribution < 1.29 is 13.2 Å². The SMILES string of the molecule is CCCCCNC(=O)CN(c1ccccc1C)S(=O)(=O)c1ccc(Cl)cc1. The predicted octanol–water partition coefficient (Wildman–Crippen LogP) is 4.15. The number of aryl methyl sites for hydroxylation is 1. The number of halogens is 1. The van der Waals surface area contributed by atoms with Gasteiger partial charge in [-0.3, -0.25) is 9.10 Å². The van der Waals surface area contributed by atoms with Crippen molar-refractivity contribution in [3.63, 3.8) is 0 Å². The largest absolute Gasteiger partial charge is 0.355 e. The third kappa shape index (κ3) is 5.71. The van der Waals surface area contributed by atoms with Crippen LogP contribution in [-0.2, 0) is 14.8 Å². The highest BCUT2D eigenvalue weighted by molar-refractivity contribution is 7.92. The average Bonchev–Trinajstić information content (AvgIpc) is 2.64. The van der Waals surface area contributed by atoms with Gasteiger partial charge in [0, 0.05) is 11.6 Å². The second kappa shape index (κ2) is 9.76. The Morgan fingerprint density at radius 3 is 2.37 bits per heavy atom. The molecule has 0 atom stereocenters. The number of anilines is 1. The summed E-state index contributed by atoms with van der Waals surface area (Å²) in [6.07, 6.45) is 2.94. The topological polar surface area (TPSA) is 66.5 Å². The molecule has 0 saturated heterocycles. The second-order valence-electron chi connectivity index (χ2n) is 6.31. The minimum Gasteiger partial charge on any atom is -0.355 e. The molecule has 0 aliphatic heterocycles. The smallest absolute Gasteiger partial charge is 0.264 e. The summed E-state index contributed by atoms with van der Waals surface area (Å²) in [7, 11) is -3.91. The molecule has 1 amide bonds. The van der Waals surface area contributed by atoms with E-state index in [1.54, 1.807) is 12.1 Å². The van der Waals surface area contributed by atoms with Gasteiger partial charge >= 0.3 is 0 Å². The van der Waals surface area contributed by atoms with Gasteiger partial charge in [0.1, 0.15) is 6.54 Å². The zero-order valence-electron chi connectivity index (χ0n) is 15.6. The van der Waals surface area contributed by atoms with E-state index in [-0.39, 0.29) is 17.3 Å². The van der Waals surface area contributed by atoms with Crippen molar-refractivity contribution in [3.8, 4) is 0 Å². The van der Waals surface area contributed by atoms with Crippen LogP contribution < -0.4 is 9.62 Å². The van der Waals surface area contributed by atoms with E-state index in [2.05, 4.69) is 12.2 Å². The van der Waals surface area contributed by atoms with E-state index >= 15 is 0 Å². The molecular weight excluding hydrogens is 384 g/mol. The van der Waals surface area contributed by atoms with Crippen molar-refractivity contribution in [2.24, 2.45) is 0 Å². The number of sulfonamides is 1. The Balaban J connectivity index is 2.31. The van der Waals surface area contributed by atoms with Crippen LogP contribution in [-0.4, -0.2) is 27.4 Å². The fourth-order valence-corrected chi connectivity index (χ4v) is 4.28. The molecule has 146 valence electrons. The number of hydrogen-bond acceptors (Lipinski definition) is 3. The molecule has 0 fully saturated rings. The van der Waals surface area contributed by atoms with Gasteiger partial charge < -0.3 is 5.32 Å². The number of carbonyl (C=O) groups excluding carboxylic acids is 1. The molecule has 2 rings (SSSR count). The van der Waals surface area contributed by atoms with Gasteiger partial charge in [0.15, 0.2) is 0 Å². The van der Waals surface area contributed by atoms with Gasteiger partial charge in [-0.15, -0.1) is 0 Å². The fraction of sp³-hybridized carbons (Fsp3) is 0.350. The lowest BCUT2D eigenvalue weighted by Crippen LogP contribution is -2.41. The zero-order chi connectivity index (χ0) is 19.9. The number of rotatable bonds is 9. The Hall–Kier alpha value is -2.05. The van der Waals surface area contributed by atoms with Crippen LogP contribution in [0.4, 0.5) is 5.69 Å². The molecular formula is C20H25ClN2O3S. The minimum absolute atomic E-state index is 0.0916. The first kappa shape index (κ1) is 21.3. The van der Waals surface area contributed by atoms with Gasteiger partial charge in [0.2, 0.25) is 5.91 Å². The predicted molar refractivity (Wildman–Crippen MR) is 110 cm³/mol. The Morgan fingerprint density at radius 1 is 1.07 bits per heavy atom. The summed E-state index contributed by atoms with van der Waals surface area (Å²) in [5, 5.41) is 3.25. The Morgan fingerprint density at radius 2 is 1.74 bits per heavy atom. The van der Waals surface area contributed by atoms with Crippen LogP contribution in [0.15, 0.2) is 53.4 Å². The van der Waals surface area contributed by atoms with Crippen molar-refractivity contribution in [2.75, 3.05) is 17.4 Å². The first-order valence-corrected chi connectivity index (χ1v) is 10.8. The number of carbonyl (C=O) groups is 1. The van der Waals surface area contributed by atoms with Crippen LogP contribution in [0.2, 0.25) is 5.02 Å². The molecule has 0 bridgehead atoms. The number of nitrogens with one attached hydrogen (secondary N) is 1. The van der Waals surface area contributed by atoms with Crippen molar-refractivity contribution in [1.82, 2.24) is 5.32 Å². The van der Waals surface area contributed by atoms with Crippen LogP contribution in [0, 0.1) is 6.92 Å². The number of amides is 1. The first-order valence-electron chi connectivity index (χ1n) is 8.97. The maximum Gasteiger partial charge on any atom is 0.264 e. The van der Waals surface area contributed by atoms with E-state index in [1.807, 2.05) is 19.1 Å². The van der Waals surface area contributed by atoms with Gasteiger partial charge in [0.05, 0.1) is 10.6 Å². The molecule has 27 heavy (non-hydrogen) atoms. The standard InChI is InChI=1S/C20H25ClN2O3S/c1-3-4-7-14-22-20(24)15-23(19-9-6-5-8-16(19)2)27(25,26)18-12-10-17(21)11-13-18/h5-6,8-13H,3-4,7,14-15H2,1-2H3,(H,22,24). The van der Waals surface area contributed by atoms with Crippen molar-refractivity contribution in [1.29, 1.82) is 0 Å². The van der Waals surface area contributed by atoms with Crippen molar-refractivity contribution in [2.45, 2.75) is 38.0 Å². The second-order valence-corrected chi connectivity index (χ2v) is 8.61. The quantitative estimate of drug-likeness (QED) is 0.634. The minimum atomic E-state index is -3.91. The summed E-state index contributed by atoms with van der Waals surface area (Å²) in [6.45, 7) is 4.16. The monoisotopic (exact) mass is 408 g/mol. The summed E-state index contributed by atoms with van der Waals surface area (Å²) in [4.78, 5) is 12.5. The van der Waals surface area contributed by atoms with Gasteiger partial charge in [-0.2, -0.15) is 0 Å². The van der Waals surface area contributed by atoms with Crippen molar-refractivity contribution in [3.05, 3.63) is 59.1 Å². The lowest BCUT2D eigenvalue weighted by atomic mass is 10.2. The van der Waals surface area contributed by atoms with Crippen LogP contribution in [0.5, 0.6) is 0 Å². The molecule has 2 aromatic carbocycles.